The first-order valence-electron chi connectivity index (χ1n) is 6.91. The van der Waals surface area contributed by atoms with E-state index in [0.29, 0.717) is 6.54 Å². The molecule has 102 valence electrons. The number of rotatable bonds is 5. The summed E-state index contributed by atoms with van der Waals surface area (Å²) in [5, 5.41) is 6.04. The summed E-state index contributed by atoms with van der Waals surface area (Å²) in [6.45, 7) is 4.32. The van der Waals surface area contributed by atoms with Gasteiger partial charge in [-0.2, -0.15) is 0 Å². The van der Waals surface area contributed by atoms with Gasteiger partial charge in [0.1, 0.15) is 5.82 Å². The van der Waals surface area contributed by atoms with Crippen molar-refractivity contribution in [3.63, 3.8) is 0 Å². The molecule has 0 aliphatic heterocycles. The number of nitrogens with zero attached hydrogens (tertiary/aromatic N) is 1. The minimum atomic E-state index is 0.133. The second-order valence-corrected chi connectivity index (χ2v) is 4.93. The molecule has 4 heteroatoms. The zero-order valence-corrected chi connectivity index (χ0v) is 11.2. The van der Waals surface area contributed by atoms with Crippen LogP contribution in [0.25, 0.3) is 0 Å². The van der Waals surface area contributed by atoms with Crippen LogP contribution in [-0.4, -0.2) is 17.4 Å². The molecule has 2 N–H and O–H groups in total. The molecule has 1 saturated carbocycles. The third-order valence-corrected chi connectivity index (χ3v) is 3.43. The SMILES string of the molecule is C=CCNc1ccc(NC(=O)C2CCCCC2)cn1. The number of carbonyl (C=O) groups is 1. The van der Waals surface area contributed by atoms with Gasteiger partial charge < -0.3 is 10.6 Å². The lowest BCUT2D eigenvalue weighted by molar-refractivity contribution is -0.120. The van der Waals surface area contributed by atoms with E-state index >= 15 is 0 Å². The van der Waals surface area contributed by atoms with E-state index in [4.69, 9.17) is 0 Å². The first-order valence-corrected chi connectivity index (χ1v) is 6.91. The van der Waals surface area contributed by atoms with Crippen molar-refractivity contribution in [2.45, 2.75) is 32.1 Å². The number of nitrogens with one attached hydrogen (secondary N) is 2. The summed E-state index contributed by atoms with van der Waals surface area (Å²) >= 11 is 0. The third-order valence-electron chi connectivity index (χ3n) is 3.43. The zero-order chi connectivity index (χ0) is 13.5. The predicted octanol–water partition coefficient (Wildman–Crippen LogP) is 3.20. The quantitative estimate of drug-likeness (QED) is 0.798. The maximum atomic E-state index is 12.1. The highest BCUT2D eigenvalue weighted by Crippen LogP contribution is 2.24. The maximum Gasteiger partial charge on any atom is 0.227 e. The molecule has 1 fully saturated rings. The van der Waals surface area contributed by atoms with Crippen LogP contribution >= 0.6 is 0 Å². The van der Waals surface area contributed by atoms with Crippen LogP contribution in [-0.2, 0) is 4.79 Å². The van der Waals surface area contributed by atoms with Crippen LogP contribution in [0.4, 0.5) is 11.5 Å². The molecule has 1 amide bonds. The van der Waals surface area contributed by atoms with Crippen molar-refractivity contribution >= 4 is 17.4 Å². The summed E-state index contributed by atoms with van der Waals surface area (Å²) in [6.07, 6.45) is 9.08. The molecular weight excluding hydrogens is 238 g/mol. The van der Waals surface area contributed by atoms with E-state index in [2.05, 4.69) is 22.2 Å². The molecule has 1 aliphatic carbocycles. The number of hydrogen-bond acceptors (Lipinski definition) is 3. The molecule has 1 aromatic rings. The van der Waals surface area contributed by atoms with Crippen LogP contribution < -0.4 is 10.6 Å². The maximum absolute atomic E-state index is 12.1. The summed E-state index contributed by atoms with van der Waals surface area (Å²) in [5.74, 6) is 1.09. The van der Waals surface area contributed by atoms with E-state index in [1.165, 1.54) is 19.3 Å². The molecule has 4 nitrogen and oxygen atoms in total. The third kappa shape index (κ3) is 4.09. The van der Waals surface area contributed by atoms with Gasteiger partial charge in [0.25, 0.3) is 0 Å². The number of hydrogen-bond donors (Lipinski definition) is 2. The summed E-state index contributed by atoms with van der Waals surface area (Å²) in [4.78, 5) is 16.3. The highest BCUT2D eigenvalue weighted by atomic mass is 16.1. The Labute approximate surface area is 114 Å². The van der Waals surface area contributed by atoms with Crippen LogP contribution in [0.15, 0.2) is 31.0 Å². The minimum absolute atomic E-state index is 0.133. The monoisotopic (exact) mass is 259 g/mol. The van der Waals surface area contributed by atoms with Gasteiger partial charge in [-0.1, -0.05) is 25.3 Å². The Morgan fingerprint density at radius 3 is 2.79 bits per heavy atom. The fraction of sp³-hybridized carbons (Fsp3) is 0.467. The summed E-state index contributed by atoms with van der Waals surface area (Å²) in [5.41, 5.74) is 0.764. The van der Waals surface area contributed by atoms with Crippen molar-refractivity contribution < 1.29 is 4.79 Å². The molecule has 0 atom stereocenters. The van der Waals surface area contributed by atoms with E-state index < -0.39 is 0 Å². The van der Waals surface area contributed by atoms with Crippen molar-refractivity contribution in [2.75, 3.05) is 17.2 Å². The van der Waals surface area contributed by atoms with Crippen LogP contribution in [0.1, 0.15) is 32.1 Å². The van der Waals surface area contributed by atoms with Crippen molar-refractivity contribution in [3.8, 4) is 0 Å². The van der Waals surface area contributed by atoms with E-state index in [1.54, 1.807) is 12.3 Å². The van der Waals surface area contributed by atoms with E-state index in [0.717, 1.165) is 24.3 Å². The normalized spacial score (nSPS) is 15.8. The summed E-state index contributed by atoms with van der Waals surface area (Å²) in [6, 6.07) is 3.74. The van der Waals surface area contributed by atoms with Crippen LogP contribution in [0, 0.1) is 5.92 Å². The summed E-state index contributed by atoms with van der Waals surface area (Å²) < 4.78 is 0. The van der Waals surface area contributed by atoms with Gasteiger partial charge in [-0.15, -0.1) is 6.58 Å². The highest BCUT2D eigenvalue weighted by Gasteiger charge is 2.20. The fourth-order valence-electron chi connectivity index (χ4n) is 2.36. The lowest BCUT2D eigenvalue weighted by Crippen LogP contribution is -2.24. The molecule has 2 rings (SSSR count). The van der Waals surface area contributed by atoms with Gasteiger partial charge in [0.15, 0.2) is 0 Å². The smallest absolute Gasteiger partial charge is 0.227 e. The highest BCUT2D eigenvalue weighted by molar-refractivity contribution is 5.92. The van der Waals surface area contributed by atoms with E-state index in [9.17, 15) is 4.79 Å². The Bertz CT molecular complexity index is 422. The molecule has 1 aromatic heterocycles. The molecule has 0 aromatic carbocycles. The van der Waals surface area contributed by atoms with Crippen molar-refractivity contribution in [1.82, 2.24) is 4.98 Å². The van der Waals surface area contributed by atoms with Gasteiger partial charge in [-0.05, 0) is 25.0 Å². The number of anilines is 2. The van der Waals surface area contributed by atoms with Gasteiger partial charge in [-0.3, -0.25) is 4.79 Å². The lowest BCUT2D eigenvalue weighted by Gasteiger charge is -2.20. The number of pyridine rings is 1. The van der Waals surface area contributed by atoms with Crippen LogP contribution in [0.5, 0.6) is 0 Å². The number of aromatic nitrogens is 1. The summed E-state index contributed by atoms with van der Waals surface area (Å²) in [7, 11) is 0. The first-order chi connectivity index (χ1) is 9.29. The molecule has 1 aliphatic rings. The largest absolute Gasteiger partial charge is 0.367 e. The average molecular weight is 259 g/mol. The Morgan fingerprint density at radius 2 is 2.16 bits per heavy atom. The Morgan fingerprint density at radius 1 is 1.37 bits per heavy atom. The number of carbonyl (C=O) groups excluding carboxylic acids is 1. The minimum Gasteiger partial charge on any atom is -0.367 e. The van der Waals surface area contributed by atoms with Gasteiger partial charge in [0.2, 0.25) is 5.91 Å². The zero-order valence-electron chi connectivity index (χ0n) is 11.2. The second-order valence-electron chi connectivity index (χ2n) is 4.93. The molecule has 0 unspecified atom stereocenters. The van der Waals surface area contributed by atoms with Gasteiger partial charge in [0.05, 0.1) is 11.9 Å². The molecule has 1 heterocycles. The predicted molar refractivity (Wildman–Crippen MR) is 78.1 cm³/mol. The molecular formula is C15H21N3O. The van der Waals surface area contributed by atoms with Crippen molar-refractivity contribution in [2.24, 2.45) is 5.92 Å². The standard InChI is InChI=1S/C15H21N3O/c1-2-10-16-14-9-8-13(11-17-14)18-15(19)12-6-4-3-5-7-12/h2,8-9,11-12H,1,3-7,10H2,(H,16,17)(H,18,19). The van der Waals surface area contributed by atoms with Crippen LogP contribution in [0.2, 0.25) is 0 Å². The topological polar surface area (TPSA) is 54.0 Å². The van der Waals surface area contributed by atoms with Gasteiger partial charge in [-0.25, -0.2) is 4.98 Å². The fourth-order valence-corrected chi connectivity index (χ4v) is 2.36. The van der Waals surface area contributed by atoms with E-state index in [1.807, 2.05) is 12.1 Å². The van der Waals surface area contributed by atoms with Crippen LogP contribution in [0.3, 0.4) is 0 Å². The molecule has 0 saturated heterocycles. The Kier molecular flexibility index (Phi) is 4.95. The first kappa shape index (κ1) is 13.6. The molecule has 0 radical (unpaired) electrons. The molecule has 19 heavy (non-hydrogen) atoms. The van der Waals surface area contributed by atoms with E-state index in [-0.39, 0.29) is 11.8 Å². The molecule has 0 bridgehead atoms. The van der Waals surface area contributed by atoms with Crippen molar-refractivity contribution in [3.05, 3.63) is 31.0 Å². The second kappa shape index (κ2) is 6.92. The Balaban J connectivity index is 1.87. The number of amides is 1. The molecule has 0 spiro atoms. The Hall–Kier alpha value is -1.84. The average Bonchev–Trinajstić information content (AvgIpc) is 2.47. The van der Waals surface area contributed by atoms with Crippen molar-refractivity contribution in [1.29, 1.82) is 0 Å². The van der Waals surface area contributed by atoms with Gasteiger partial charge >= 0.3 is 0 Å². The van der Waals surface area contributed by atoms with Gasteiger partial charge in [0, 0.05) is 12.5 Å². The lowest BCUT2D eigenvalue weighted by atomic mass is 9.88.